The van der Waals surface area contributed by atoms with Gasteiger partial charge in [0.1, 0.15) is 12.0 Å². The summed E-state index contributed by atoms with van der Waals surface area (Å²) < 4.78 is 22.5. The number of carbonyl (C=O) groups excluding carboxylic acids is 1. The molecule has 1 rings (SSSR count). The van der Waals surface area contributed by atoms with E-state index in [1.165, 1.54) is 24.3 Å². The highest BCUT2D eigenvalue weighted by atomic mass is 35.5. The van der Waals surface area contributed by atoms with Crippen molar-refractivity contribution in [2.24, 2.45) is 0 Å². The number of rotatable bonds is 3. The second kappa shape index (κ2) is 3.89. The van der Waals surface area contributed by atoms with Gasteiger partial charge in [-0.25, -0.2) is 8.42 Å². The molecule has 0 spiro atoms. The van der Waals surface area contributed by atoms with Crippen LogP contribution in [-0.4, -0.2) is 20.5 Å². The van der Waals surface area contributed by atoms with E-state index in [4.69, 9.17) is 11.6 Å². The molecule has 0 saturated heterocycles. The lowest BCUT2D eigenvalue weighted by atomic mass is 10.4. The molecule has 0 amide bonds. The molecule has 0 aliphatic heterocycles. The highest BCUT2D eigenvalue weighted by molar-refractivity contribution is 7.92. The predicted molar refractivity (Wildman–Crippen MR) is 49.6 cm³/mol. The Labute approximate surface area is 81.3 Å². The average molecular weight is 219 g/mol. The smallest absolute Gasteiger partial charge is 0.185 e. The maximum absolute atomic E-state index is 11.3. The van der Waals surface area contributed by atoms with E-state index in [9.17, 15) is 13.2 Å². The number of benzene rings is 1. The van der Waals surface area contributed by atoms with E-state index in [1.54, 1.807) is 0 Å². The van der Waals surface area contributed by atoms with Crippen LogP contribution in [0.15, 0.2) is 29.2 Å². The third-order valence-electron chi connectivity index (χ3n) is 1.46. The van der Waals surface area contributed by atoms with Gasteiger partial charge in [-0.2, -0.15) is 0 Å². The molecule has 13 heavy (non-hydrogen) atoms. The lowest BCUT2D eigenvalue weighted by Crippen LogP contribution is -2.07. The van der Waals surface area contributed by atoms with Crippen molar-refractivity contribution in [2.45, 2.75) is 4.90 Å². The van der Waals surface area contributed by atoms with Gasteiger partial charge in [-0.05, 0) is 24.3 Å². The summed E-state index contributed by atoms with van der Waals surface area (Å²) in [4.78, 5) is 10.2. The highest BCUT2D eigenvalue weighted by Crippen LogP contribution is 2.14. The van der Waals surface area contributed by atoms with Crippen LogP contribution in [0.2, 0.25) is 5.02 Å². The number of sulfone groups is 1. The molecule has 0 fully saturated rings. The van der Waals surface area contributed by atoms with E-state index in [1.807, 2.05) is 0 Å². The molecule has 1 aromatic carbocycles. The van der Waals surface area contributed by atoms with Gasteiger partial charge in [0.15, 0.2) is 9.84 Å². The zero-order valence-electron chi connectivity index (χ0n) is 6.60. The summed E-state index contributed by atoms with van der Waals surface area (Å²) in [6.07, 6.45) is 0.365. The van der Waals surface area contributed by atoms with Crippen LogP contribution in [0.5, 0.6) is 0 Å². The Morgan fingerprint density at radius 2 is 1.77 bits per heavy atom. The molecule has 70 valence electrons. The summed E-state index contributed by atoms with van der Waals surface area (Å²) >= 11 is 5.57. The molecule has 0 bridgehead atoms. The zero-order valence-corrected chi connectivity index (χ0v) is 8.18. The van der Waals surface area contributed by atoms with Gasteiger partial charge >= 0.3 is 0 Å². The maximum atomic E-state index is 11.3. The van der Waals surface area contributed by atoms with Gasteiger partial charge in [0.2, 0.25) is 0 Å². The maximum Gasteiger partial charge on any atom is 0.185 e. The standard InChI is InChI=1S/C8H7ClO3S/c9-7-1-3-8(4-2-7)13(11,12)6-5-10/h1-5H,6H2. The summed E-state index contributed by atoms with van der Waals surface area (Å²) in [5.41, 5.74) is 0. The van der Waals surface area contributed by atoms with E-state index >= 15 is 0 Å². The molecule has 1 aromatic rings. The fourth-order valence-electron chi connectivity index (χ4n) is 0.828. The van der Waals surface area contributed by atoms with Gasteiger partial charge in [0.25, 0.3) is 0 Å². The Balaban J connectivity index is 3.08. The molecule has 0 aliphatic rings. The third kappa shape index (κ3) is 2.54. The minimum absolute atomic E-state index is 0.115. The van der Waals surface area contributed by atoms with Crippen LogP contribution in [0.25, 0.3) is 0 Å². The van der Waals surface area contributed by atoms with Gasteiger partial charge in [-0.1, -0.05) is 11.6 Å². The quantitative estimate of drug-likeness (QED) is 0.719. The van der Waals surface area contributed by atoms with Crippen LogP contribution in [0.1, 0.15) is 0 Å². The molecular formula is C8H7ClO3S. The summed E-state index contributed by atoms with van der Waals surface area (Å²) in [5.74, 6) is -0.491. The molecule has 0 radical (unpaired) electrons. The molecule has 0 aromatic heterocycles. The largest absolute Gasteiger partial charge is 0.302 e. The van der Waals surface area contributed by atoms with Crippen LogP contribution >= 0.6 is 11.6 Å². The van der Waals surface area contributed by atoms with Crippen molar-refractivity contribution in [3.8, 4) is 0 Å². The number of carbonyl (C=O) groups is 1. The van der Waals surface area contributed by atoms with E-state index < -0.39 is 15.6 Å². The van der Waals surface area contributed by atoms with Crippen molar-refractivity contribution >= 4 is 27.7 Å². The summed E-state index contributed by atoms with van der Waals surface area (Å²) in [6, 6.07) is 5.70. The lowest BCUT2D eigenvalue weighted by molar-refractivity contribution is -0.105. The average Bonchev–Trinajstić information content (AvgIpc) is 2.05. The summed E-state index contributed by atoms with van der Waals surface area (Å²) in [5, 5.41) is 0.463. The Bertz CT molecular complexity index is 394. The van der Waals surface area contributed by atoms with Crippen molar-refractivity contribution in [3.05, 3.63) is 29.3 Å². The second-order valence-electron chi connectivity index (χ2n) is 2.40. The first-order valence-electron chi connectivity index (χ1n) is 3.48. The molecular weight excluding hydrogens is 212 g/mol. The number of hydrogen-bond acceptors (Lipinski definition) is 3. The van der Waals surface area contributed by atoms with Crippen LogP contribution in [0.4, 0.5) is 0 Å². The molecule has 0 saturated carbocycles. The van der Waals surface area contributed by atoms with Crippen LogP contribution in [0, 0.1) is 0 Å². The van der Waals surface area contributed by atoms with Gasteiger partial charge in [0.05, 0.1) is 4.90 Å². The van der Waals surface area contributed by atoms with Gasteiger partial charge < -0.3 is 4.79 Å². The Morgan fingerprint density at radius 3 is 2.23 bits per heavy atom. The van der Waals surface area contributed by atoms with Crippen molar-refractivity contribution in [3.63, 3.8) is 0 Å². The van der Waals surface area contributed by atoms with Gasteiger partial charge in [-0.3, -0.25) is 0 Å². The first kappa shape index (κ1) is 10.2. The fraction of sp³-hybridized carbons (Fsp3) is 0.125. The third-order valence-corrected chi connectivity index (χ3v) is 3.28. The molecule has 0 heterocycles. The van der Waals surface area contributed by atoms with E-state index in [2.05, 4.69) is 0 Å². The molecule has 0 atom stereocenters. The van der Waals surface area contributed by atoms with Crippen molar-refractivity contribution < 1.29 is 13.2 Å². The topological polar surface area (TPSA) is 51.2 Å². The van der Waals surface area contributed by atoms with Gasteiger partial charge in [-0.15, -0.1) is 0 Å². The second-order valence-corrected chi connectivity index (χ2v) is 4.87. The molecule has 3 nitrogen and oxygen atoms in total. The number of halogens is 1. The minimum atomic E-state index is -3.45. The molecule has 0 aliphatic carbocycles. The normalized spacial score (nSPS) is 11.2. The van der Waals surface area contributed by atoms with Crippen molar-refractivity contribution in [1.29, 1.82) is 0 Å². The molecule has 5 heteroatoms. The van der Waals surface area contributed by atoms with E-state index in [-0.39, 0.29) is 4.90 Å². The molecule has 0 unspecified atom stereocenters. The first-order valence-corrected chi connectivity index (χ1v) is 5.51. The van der Waals surface area contributed by atoms with Crippen LogP contribution < -0.4 is 0 Å². The Morgan fingerprint density at radius 1 is 1.23 bits per heavy atom. The van der Waals surface area contributed by atoms with E-state index in [0.717, 1.165) is 0 Å². The number of hydrogen-bond donors (Lipinski definition) is 0. The summed E-state index contributed by atoms with van der Waals surface area (Å²) in [7, 11) is -3.45. The van der Waals surface area contributed by atoms with Gasteiger partial charge in [0, 0.05) is 5.02 Å². The summed E-state index contributed by atoms with van der Waals surface area (Å²) in [6.45, 7) is 0. The SMILES string of the molecule is O=CCS(=O)(=O)c1ccc(Cl)cc1. The Kier molecular flexibility index (Phi) is 3.06. The zero-order chi connectivity index (χ0) is 9.90. The predicted octanol–water partition coefficient (Wildman–Crippen LogP) is 1.31. The number of aldehydes is 1. The molecule has 0 N–H and O–H groups in total. The lowest BCUT2D eigenvalue weighted by Gasteiger charge is -1.99. The van der Waals surface area contributed by atoms with Crippen LogP contribution in [0.3, 0.4) is 0 Å². The Hall–Kier alpha value is -0.870. The minimum Gasteiger partial charge on any atom is -0.302 e. The monoisotopic (exact) mass is 218 g/mol. The van der Waals surface area contributed by atoms with Crippen molar-refractivity contribution in [2.75, 3.05) is 5.75 Å². The van der Waals surface area contributed by atoms with Crippen LogP contribution in [-0.2, 0) is 14.6 Å². The fourth-order valence-corrected chi connectivity index (χ4v) is 1.88. The van der Waals surface area contributed by atoms with Crippen molar-refractivity contribution in [1.82, 2.24) is 0 Å². The first-order chi connectivity index (χ1) is 6.06. The highest BCUT2D eigenvalue weighted by Gasteiger charge is 2.12. The van der Waals surface area contributed by atoms with E-state index in [0.29, 0.717) is 11.3 Å².